The summed E-state index contributed by atoms with van der Waals surface area (Å²) < 4.78 is 31.9. The van der Waals surface area contributed by atoms with Crippen LogP contribution < -0.4 is 0 Å². The molecule has 0 amide bonds. The lowest BCUT2D eigenvalue weighted by Crippen LogP contribution is -2.27. The van der Waals surface area contributed by atoms with E-state index >= 15 is 0 Å². The van der Waals surface area contributed by atoms with Gasteiger partial charge in [-0.1, -0.05) is 30.3 Å². The Labute approximate surface area is 148 Å². The van der Waals surface area contributed by atoms with Gasteiger partial charge in [-0.2, -0.15) is 4.31 Å². The van der Waals surface area contributed by atoms with Crippen molar-refractivity contribution in [1.29, 1.82) is 0 Å². The number of hydrogen-bond donors (Lipinski definition) is 0. The van der Waals surface area contributed by atoms with Crippen LogP contribution in [0.4, 0.5) is 0 Å². The first-order valence-electron chi connectivity index (χ1n) is 8.34. The summed E-state index contributed by atoms with van der Waals surface area (Å²) in [5.41, 5.74) is 1.24. The third kappa shape index (κ3) is 3.91. The Bertz CT molecular complexity index is 825. The van der Waals surface area contributed by atoms with Crippen molar-refractivity contribution in [1.82, 2.24) is 4.31 Å². The molecule has 1 atom stereocenters. The highest BCUT2D eigenvalue weighted by molar-refractivity contribution is 7.89. The Morgan fingerprint density at radius 2 is 1.60 bits per heavy atom. The first-order chi connectivity index (χ1) is 12.0. The molecule has 1 aliphatic heterocycles. The number of benzene rings is 2. The molecule has 1 saturated heterocycles. The molecule has 0 N–H and O–H groups in total. The Morgan fingerprint density at radius 3 is 2.20 bits per heavy atom. The van der Waals surface area contributed by atoms with E-state index < -0.39 is 16.0 Å². The number of rotatable bonds is 5. The van der Waals surface area contributed by atoms with Gasteiger partial charge in [-0.05, 0) is 49.6 Å². The minimum Gasteiger partial charge on any atom is -0.454 e. The Morgan fingerprint density at radius 1 is 1.00 bits per heavy atom. The van der Waals surface area contributed by atoms with Gasteiger partial charge in [0.2, 0.25) is 10.0 Å². The van der Waals surface area contributed by atoms with Gasteiger partial charge in [-0.3, -0.25) is 0 Å². The predicted molar refractivity (Wildman–Crippen MR) is 94.7 cm³/mol. The lowest BCUT2D eigenvalue weighted by molar-refractivity contribution is 0.0337. The first kappa shape index (κ1) is 17.6. The average Bonchev–Trinajstić information content (AvgIpc) is 3.18. The largest absolute Gasteiger partial charge is 0.454 e. The molecule has 2 aromatic carbocycles. The van der Waals surface area contributed by atoms with Crippen molar-refractivity contribution in [2.24, 2.45) is 0 Å². The fraction of sp³-hybridized carbons (Fsp3) is 0.316. The van der Waals surface area contributed by atoms with Crippen molar-refractivity contribution in [2.75, 3.05) is 13.1 Å². The van der Waals surface area contributed by atoms with Crippen LogP contribution in [-0.4, -0.2) is 31.8 Å². The summed E-state index contributed by atoms with van der Waals surface area (Å²) >= 11 is 0. The zero-order valence-electron chi connectivity index (χ0n) is 14.1. The van der Waals surface area contributed by atoms with Crippen LogP contribution in [0.3, 0.4) is 0 Å². The number of ether oxygens (including phenoxy) is 1. The van der Waals surface area contributed by atoms with Gasteiger partial charge in [0.15, 0.2) is 0 Å². The normalized spacial score (nSPS) is 16.5. The van der Waals surface area contributed by atoms with Gasteiger partial charge in [-0.15, -0.1) is 0 Å². The molecule has 5 nitrogen and oxygen atoms in total. The lowest BCUT2D eigenvalue weighted by Gasteiger charge is -2.16. The molecule has 0 aliphatic carbocycles. The van der Waals surface area contributed by atoms with Gasteiger partial charge in [-0.25, -0.2) is 13.2 Å². The van der Waals surface area contributed by atoms with Gasteiger partial charge < -0.3 is 4.74 Å². The van der Waals surface area contributed by atoms with E-state index in [-0.39, 0.29) is 11.0 Å². The molecule has 2 aromatic rings. The van der Waals surface area contributed by atoms with Crippen LogP contribution in [0.15, 0.2) is 59.5 Å². The summed E-state index contributed by atoms with van der Waals surface area (Å²) in [7, 11) is -3.47. The molecule has 1 aliphatic rings. The van der Waals surface area contributed by atoms with Gasteiger partial charge >= 0.3 is 5.97 Å². The smallest absolute Gasteiger partial charge is 0.338 e. The van der Waals surface area contributed by atoms with Gasteiger partial charge in [0.25, 0.3) is 0 Å². The number of carbonyl (C=O) groups excluding carboxylic acids is 1. The van der Waals surface area contributed by atoms with Gasteiger partial charge in [0.1, 0.15) is 6.10 Å². The van der Waals surface area contributed by atoms with Crippen LogP contribution in [0.5, 0.6) is 0 Å². The molecule has 25 heavy (non-hydrogen) atoms. The monoisotopic (exact) mass is 359 g/mol. The number of nitrogens with zero attached hydrogens (tertiary/aromatic N) is 1. The first-order valence-corrected chi connectivity index (χ1v) is 9.78. The highest BCUT2D eigenvalue weighted by atomic mass is 32.2. The van der Waals surface area contributed by atoms with Crippen LogP contribution in [0.25, 0.3) is 0 Å². The summed E-state index contributed by atoms with van der Waals surface area (Å²) in [6.45, 7) is 2.92. The fourth-order valence-corrected chi connectivity index (χ4v) is 4.38. The maximum absolute atomic E-state index is 12.5. The van der Waals surface area contributed by atoms with E-state index in [1.807, 2.05) is 30.3 Å². The van der Waals surface area contributed by atoms with Gasteiger partial charge in [0, 0.05) is 13.1 Å². The molecule has 0 aromatic heterocycles. The molecule has 0 bridgehead atoms. The van der Waals surface area contributed by atoms with Crippen molar-refractivity contribution in [3.63, 3.8) is 0 Å². The molecule has 1 fully saturated rings. The lowest BCUT2D eigenvalue weighted by atomic mass is 10.1. The van der Waals surface area contributed by atoms with Crippen molar-refractivity contribution < 1.29 is 17.9 Å². The second-order valence-electron chi connectivity index (χ2n) is 6.09. The average molecular weight is 359 g/mol. The van der Waals surface area contributed by atoms with E-state index in [4.69, 9.17) is 4.74 Å². The Kier molecular flexibility index (Phi) is 5.20. The van der Waals surface area contributed by atoms with Gasteiger partial charge in [0.05, 0.1) is 10.5 Å². The third-order valence-corrected chi connectivity index (χ3v) is 6.26. The molecule has 132 valence electrons. The van der Waals surface area contributed by atoms with Crippen molar-refractivity contribution in [3.05, 3.63) is 65.7 Å². The fourth-order valence-electron chi connectivity index (χ4n) is 2.86. The second kappa shape index (κ2) is 7.37. The van der Waals surface area contributed by atoms with Crippen LogP contribution >= 0.6 is 0 Å². The molecule has 1 heterocycles. The minimum absolute atomic E-state index is 0.210. The van der Waals surface area contributed by atoms with Crippen LogP contribution in [0.2, 0.25) is 0 Å². The highest BCUT2D eigenvalue weighted by Gasteiger charge is 2.27. The predicted octanol–water partition coefficient (Wildman–Crippen LogP) is 3.39. The number of carbonyl (C=O) groups is 1. The molecule has 6 heteroatoms. The maximum Gasteiger partial charge on any atom is 0.338 e. The van der Waals surface area contributed by atoms with Crippen molar-refractivity contribution >= 4 is 16.0 Å². The van der Waals surface area contributed by atoms with Crippen LogP contribution in [0.1, 0.15) is 41.8 Å². The quantitative estimate of drug-likeness (QED) is 0.768. The van der Waals surface area contributed by atoms with E-state index in [1.54, 1.807) is 6.92 Å². The van der Waals surface area contributed by atoms with Crippen LogP contribution in [0, 0.1) is 0 Å². The molecule has 3 rings (SSSR count). The number of hydrogen-bond acceptors (Lipinski definition) is 4. The SMILES string of the molecule is C[C@H](OC(=O)c1ccc(S(=O)(=O)N2CCCC2)cc1)c1ccccc1. The number of esters is 1. The van der Waals surface area contributed by atoms with E-state index in [9.17, 15) is 13.2 Å². The maximum atomic E-state index is 12.5. The Hall–Kier alpha value is -2.18. The van der Waals surface area contributed by atoms with E-state index in [1.165, 1.54) is 28.6 Å². The van der Waals surface area contributed by atoms with Crippen molar-refractivity contribution in [3.8, 4) is 0 Å². The topological polar surface area (TPSA) is 63.7 Å². The summed E-state index contributed by atoms with van der Waals surface area (Å²) in [5.74, 6) is -0.471. The molecular formula is C19H21NO4S. The minimum atomic E-state index is -3.47. The van der Waals surface area contributed by atoms with Crippen molar-refractivity contribution in [2.45, 2.75) is 30.8 Å². The van der Waals surface area contributed by atoms with Crippen LogP contribution in [-0.2, 0) is 14.8 Å². The van der Waals surface area contributed by atoms with E-state index in [2.05, 4.69) is 0 Å². The molecule has 0 unspecified atom stereocenters. The highest BCUT2D eigenvalue weighted by Crippen LogP contribution is 2.22. The van der Waals surface area contributed by atoms with E-state index in [0.717, 1.165) is 18.4 Å². The molecular weight excluding hydrogens is 338 g/mol. The Balaban J connectivity index is 1.70. The summed E-state index contributed by atoms with van der Waals surface area (Å²) in [5, 5.41) is 0. The molecule has 0 spiro atoms. The zero-order chi connectivity index (χ0) is 17.9. The zero-order valence-corrected chi connectivity index (χ0v) is 14.9. The standard InChI is InChI=1S/C19H21NO4S/c1-15(16-7-3-2-4-8-16)24-19(21)17-9-11-18(12-10-17)25(22,23)20-13-5-6-14-20/h2-4,7-12,15H,5-6,13-14H2,1H3/t15-/m0/s1. The number of sulfonamides is 1. The summed E-state index contributed by atoms with van der Waals surface area (Å²) in [6, 6.07) is 15.4. The van der Waals surface area contributed by atoms with E-state index in [0.29, 0.717) is 18.7 Å². The molecule has 0 saturated carbocycles. The third-order valence-electron chi connectivity index (χ3n) is 4.35. The molecule has 0 radical (unpaired) electrons. The summed E-state index contributed by atoms with van der Waals surface area (Å²) in [6.07, 6.45) is 1.41. The summed E-state index contributed by atoms with van der Waals surface area (Å²) in [4.78, 5) is 12.5. The second-order valence-corrected chi connectivity index (χ2v) is 8.03.